The Morgan fingerprint density at radius 3 is 2.93 bits per heavy atom. The van der Waals surface area contributed by atoms with E-state index in [1.54, 1.807) is 4.90 Å². The van der Waals surface area contributed by atoms with Crippen molar-refractivity contribution >= 4 is 29.1 Å². The van der Waals surface area contributed by atoms with Gasteiger partial charge in [0.1, 0.15) is 5.75 Å². The van der Waals surface area contributed by atoms with E-state index in [1.807, 2.05) is 53.4 Å². The Morgan fingerprint density at radius 2 is 2.07 bits per heavy atom. The molecule has 2 aromatic carbocycles. The van der Waals surface area contributed by atoms with E-state index in [0.717, 1.165) is 17.8 Å². The van der Waals surface area contributed by atoms with E-state index in [0.29, 0.717) is 30.4 Å². The first-order valence-electron chi connectivity index (χ1n) is 9.41. The number of nitrogens with zero attached hydrogens (tertiary/aromatic N) is 2. The molecule has 2 amide bonds. The summed E-state index contributed by atoms with van der Waals surface area (Å²) >= 11 is 6.14. The number of amides is 2. The van der Waals surface area contributed by atoms with Crippen molar-refractivity contribution in [2.45, 2.75) is 12.5 Å². The minimum atomic E-state index is -0.127. The maximum atomic E-state index is 13.0. The van der Waals surface area contributed by atoms with Gasteiger partial charge in [-0.1, -0.05) is 35.9 Å². The third kappa shape index (κ3) is 3.84. The number of rotatable bonds is 4. The van der Waals surface area contributed by atoms with Crippen LogP contribution >= 0.6 is 11.6 Å². The highest BCUT2D eigenvalue weighted by molar-refractivity contribution is 6.30. The van der Waals surface area contributed by atoms with Crippen molar-refractivity contribution in [3.63, 3.8) is 0 Å². The summed E-state index contributed by atoms with van der Waals surface area (Å²) in [7, 11) is 0. The van der Waals surface area contributed by atoms with Gasteiger partial charge < -0.3 is 19.9 Å². The van der Waals surface area contributed by atoms with Crippen LogP contribution in [-0.4, -0.2) is 49.5 Å². The number of hydrogen-bond acceptors (Lipinski definition) is 4. The Bertz CT molecular complexity index is 889. The lowest BCUT2D eigenvalue weighted by molar-refractivity contribution is -0.134. The predicted octanol–water partition coefficient (Wildman–Crippen LogP) is 2.63. The number of nitrogens with one attached hydrogen (secondary N) is 1. The summed E-state index contributed by atoms with van der Waals surface area (Å²) in [5, 5.41) is 4.00. The van der Waals surface area contributed by atoms with Crippen molar-refractivity contribution in [3.8, 4) is 5.75 Å². The summed E-state index contributed by atoms with van der Waals surface area (Å²) in [6, 6.07) is 15.0. The fourth-order valence-electron chi connectivity index (χ4n) is 3.76. The van der Waals surface area contributed by atoms with E-state index in [9.17, 15) is 9.59 Å². The SMILES string of the molecule is O=C1COc2ccccc2N1CCC(=O)N1CCNCC1c1cccc(Cl)c1. The Labute approximate surface area is 169 Å². The lowest BCUT2D eigenvalue weighted by atomic mass is 10.0. The first-order chi connectivity index (χ1) is 13.6. The highest BCUT2D eigenvalue weighted by Crippen LogP contribution is 2.32. The quantitative estimate of drug-likeness (QED) is 0.858. The third-order valence-electron chi connectivity index (χ3n) is 5.15. The van der Waals surface area contributed by atoms with Gasteiger partial charge in [0, 0.05) is 37.6 Å². The average Bonchev–Trinajstić information content (AvgIpc) is 2.73. The van der Waals surface area contributed by atoms with Crippen LogP contribution in [-0.2, 0) is 9.59 Å². The second-order valence-corrected chi connectivity index (χ2v) is 7.35. The Kier molecular flexibility index (Phi) is 5.50. The Balaban J connectivity index is 1.47. The molecule has 0 radical (unpaired) electrons. The first kappa shape index (κ1) is 18.8. The molecule has 6 nitrogen and oxygen atoms in total. The second kappa shape index (κ2) is 8.20. The van der Waals surface area contributed by atoms with Crippen LogP contribution in [0.3, 0.4) is 0 Å². The van der Waals surface area contributed by atoms with Crippen molar-refractivity contribution < 1.29 is 14.3 Å². The maximum Gasteiger partial charge on any atom is 0.265 e. The molecule has 0 saturated carbocycles. The Morgan fingerprint density at radius 1 is 1.21 bits per heavy atom. The number of anilines is 1. The molecular weight excluding hydrogens is 378 g/mol. The number of carbonyl (C=O) groups excluding carboxylic acids is 2. The molecule has 0 aliphatic carbocycles. The maximum absolute atomic E-state index is 13.0. The van der Waals surface area contributed by atoms with Gasteiger partial charge in [-0.2, -0.15) is 0 Å². The van der Waals surface area contributed by atoms with Gasteiger partial charge in [0.25, 0.3) is 5.91 Å². The van der Waals surface area contributed by atoms with Gasteiger partial charge in [-0.3, -0.25) is 9.59 Å². The van der Waals surface area contributed by atoms with Crippen molar-refractivity contribution in [2.75, 3.05) is 37.7 Å². The van der Waals surface area contributed by atoms with Crippen molar-refractivity contribution in [1.82, 2.24) is 10.2 Å². The molecule has 1 saturated heterocycles. The van der Waals surface area contributed by atoms with Crippen molar-refractivity contribution in [1.29, 1.82) is 0 Å². The van der Waals surface area contributed by atoms with Gasteiger partial charge in [-0.25, -0.2) is 0 Å². The largest absolute Gasteiger partial charge is 0.482 e. The molecule has 0 aromatic heterocycles. The molecule has 1 N–H and O–H groups in total. The smallest absolute Gasteiger partial charge is 0.265 e. The summed E-state index contributed by atoms with van der Waals surface area (Å²) in [5.74, 6) is 0.579. The molecule has 2 heterocycles. The lowest BCUT2D eigenvalue weighted by Gasteiger charge is -2.37. The molecular formula is C21H22ClN3O3. The molecule has 1 atom stereocenters. The third-order valence-corrected chi connectivity index (χ3v) is 5.39. The van der Waals surface area contributed by atoms with Crippen LogP contribution in [0.4, 0.5) is 5.69 Å². The number of hydrogen-bond donors (Lipinski definition) is 1. The number of halogens is 1. The fraction of sp³-hybridized carbons (Fsp3) is 0.333. The van der Waals surface area contributed by atoms with E-state index in [-0.39, 0.29) is 30.9 Å². The van der Waals surface area contributed by atoms with Crippen LogP contribution < -0.4 is 15.0 Å². The normalized spacial score (nSPS) is 19.2. The van der Waals surface area contributed by atoms with Gasteiger partial charge in [0.05, 0.1) is 11.7 Å². The average molecular weight is 400 g/mol. The summed E-state index contributed by atoms with van der Waals surface area (Å²) in [6.45, 7) is 2.41. The second-order valence-electron chi connectivity index (χ2n) is 6.91. The van der Waals surface area contributed by atoms with Crippen molar-refractivity contribution in [2.24, 2.45) is 0 Å². The molecule has 28 heavy (non-hydrogen) atoms. The number of benzene rings is 2. The zero-order valence-electron chi connectivity index (χ0n) is 15.4. The van der Waals surface area contributed by atoms with Crippen LogP contribution in [0.1, 0.15) is 18.0 Å². The molecule has 2 aromatic rings. The number of fused-ring (bicyclic) bond motifs is 1. The molecule has 2 aliphatic rings. The van der Waals surface area contributed by atoms with Gasteiger partial charge in [0.2, 0.25) is 5.91 Å². The van der Waals surface area contributed by atoms with E-state index < -0.39 is 0 Å². The number of para-hydroxylation sites is 2. The van der Waals surface area contributed by atoms with E-state index >= 15 is 0 Å². The van der Waals surface area contributed by atoms with E-state index in [4.69, 9.17) is 16.3 Å². The number of carbonyl (C=O) groups is 2. The number of piperazine rings is 1. The molecule has 7 heteroatoms. The van der Waals surface area contributed by atoms with Crippen LogP contribution in [0.15, 0.2) is 48.5 Å². The minimum Gasteiger partial charge on any atom is -0.482 e. The fourth-order valence-corrected chi connectivity index (χ4v) is 3.96. The van der Waals surface area contributed by atoms with Gasteiger partial charge in [0.15, 0.2) is 6.61 Å². The lowest BCUT2D eigenvalue weighted by Crippen LogP contribution is -2.49. The highest BCUT2D eigenvalue weighted by atomic mass is 35.5. The monoisotopic (exact) mass is 399 g/mol. The Hall–Kier alpha value is -2.57. The van der Waals surface area contributed by atoms with Crippen LogP contribution in [0.25, 0.3) is 0 Å². The predicted molar refractivity (Wildman–Crippen MR) is 108 cm³/mol. The van der Waals surface area contributed by atoms with Gasteiger partial charge >= 0.3 is 0 Å². The highest BCUT2D eigenvalue weighted by Gasteiger charge is 2.30. The van der Waals surface area contributed by atoms with Crippen LogP contribution in [0.2, 0.25) is 5.02 Å². The van der Waals surface area contributed by atoms with E-state index in [2.05, 4.69) is 5.32 Å². The molecule has 1 unspecified atom stereocenters. The van der Waals surface area contributed by atoms with Gasteiger partial charge in [-0.05, 0) is 29.8 Å². The van der Waals surface area contributed by atoms with Crippen LogP contribution in [0, 0.1) is 0 Å². The molecule has 4 rings (SSSR count). The minimum absolute atomic E-state index is 0.00395. The van der Waals surface area contributed by atoms with E-state index in [1.165, 1.54) is 0 Å². The topological polar surface area (TPSA) is 61.9 Å². The summed E-state index contributed by atoms with van der Waals surface area (Å²) in [4.78, 5) is 28.9. The standard InChI is InChI=1S/C21H22ClN3O3/c22-16-5-3-4-15(12-16)18-13-23-9-11-25(18)20(26)8-10-24-17-6-1-2-7-19(17)28-14-21(24)27/h1-7,12,18,23H,8-11,13-14H2. The summed E-state index contributed by atoms with van der Waals surface area (Å²) in [6.07, 6.45) is 0.261. The zero-order chi connectivity index (χ0) is 19.5. The molecule has 2 aliphatic heterocycles. The van der Waals surface area contributed by atoms with Gasteiger partial charge in [-0.15, -0.1) is 0 Å². The first-order valence-corrected chi connectivity index (χ1v) is 9.79. The molecule has 0 spiro atoms. The summed E-state index contributed by atoms with van der Waals surface area (Å²) < 4.78 is 5.47. The van der Waals surface area contributed by atoms with Crippen molar-refractivity contribution in [3.05, 3.63) is 59.1 Å². The molecule has 1 fully saturated rings. The molecule has 146 valence electrons. The molecule has 0 bridgehead atoms. The summed E-state index contributed by atoms with van der Waals surface area (Å²) in [5.41, 5.74) is 1.74. The van der Waals surface area contributed by atoms with Crippen LogP contribution in [0.5, 0.6) is 5.75 Å². The number of ether oxygens (including phenoxy) is 1. The zero-order valence-corrected chi connectivity index (χ0v) is 16.2.